The topological polar surface area (TPSA) is 75.3 Å². The van der Waals surface area contributed by atoms with Crippen LogP contribution in [0.1, 0.15) is 18.1 Å². The van der Waals surface area contributed by atoms with Crippen LogP contribution in [0.5, 0.6) is 0 Å². The molecule has 0 fully saturated rings. The lowest BCUT2D eigenvalue weighted by molar-refractivity contribution is -0.115. The van der Waals surface area contributed by atoms with Crippen molar-refractivity contribution < 1.29 is 13.2 Å². The van der Waals surface area contributed by atoms with E-state index in [0.717, 1.165) is 16.0 Å². The van der Waals surface area contributed by atoms with Gasteiger partial charge in [-0.2, -0.15) is 0 Å². The maximum absolute atomic E-state index is 12.5. The van der Waals surface area contributed by atoms with Crippen molar-refractivity contribution >= 4 is 33.4 Å². The molecule has 1 heterocycles. The summed E-state index contributed by atoms with van der Waals surface area (Å²) in [4.78, 5) is 12.8. The molecule has 0 unspecified atom stereocenters. The molecule has 3 rings (SSSR count). The quantitative estimate of drug-likeness (QED) is 0.841. The Labute approximate surface area is 152 Å². The van der Waals surface area contributed by atoms with Gasteiger partial charge in [-0.1, -0.05) is 29.8 Å². The Balaban J connectivity index is 1.70. The fourth-order valence-corrected chi connectivity index (χ4v) is 4.62. The van der Waals surface area contributed by atoms with Gasteiger partial charge in [-0.05, 0) is 44.0 Å². The van der Waals surface area contributed by atoms with E-state index in [1.807, 2.05) is 38.1 Å². The minimum atomic E-state index is -3.62. The molecule has 1 amide bonds. The van der Waals surface area contributed by atoms with Gasteiger partial charge in [0.2, 0.25) is 15.9 Å². The Morgan fingerprint density at radius 3 is 2.76 bits per heavy atom. The minimum Gasteiger partial charge on any atom is -0.324 e. The molecule has 5 nitrogen and oxygen atoms in total. The van der Waals surface area contributed by atoms with Crippen molar-refractivity contribution in [3.63, 3.8) is 0 Å². The van der Waals surface area contributed by atoms with E-state index in [2.05, 4.69) is 10.0 Å². The maximum Gasteiger partial charge on any atom is 0.240 e. The number of carbonyl (C=O) groups excluding carboxylic acids is 1. The van der Waals surface area contributed by atoms with E-state index in [-0.39, 0.29) is 16.1 Å². The van der Waals surface area contributed by atoms with Crippen molar-refractivity contribution in [1.82, 2.24) is 4.72 Å². The highest BCUT2D eigenvalue weighted by atomic mass is 32.2. The molecule has 0 aromatic heterocycles. The lowest BCUT2D eigenvalue weighted by Crippen LogP contribution is -2.28. The third-order valence-corrected chi connectivity index (χ3v) is 6.62. The maximum atomic E-state index is 12.5. The normalized spacial score (nSPS) is 17.0. The number of benzene rings is 2. The van der Waals surface area contributed by atoms with Gasteiger partial charge in [-0.3, -0.25) is 4.79 Å². The van der Waals surface area contributed by atoms with Crippen molar-refractivity contribution in [3.8, 4) is 0 Å². The molecule has 2 N–H and O–H groups in total. The van der Waals surface area contributed by atoms with Crippen LogP contribution >= 0.6 is 11.8 Å². The summed E-state index contributed by atoms with van der Waals surface area (Å²) in [6.45, 7) is 4.15. The van der Waals surface area contributed by atoms with Gasteiger partial charge in [-0.25, -0.2) is 13.1 Å². The van der Waals surface area contributed by atoms with Crippen LogP contribution in [0.3, 0.4) is 0 Å². The van der Waals surface area contributed by atoms with Gasteiger partial charge in [0.1, 0.15) is 0 Å². The first-order valence-electron chi connectivity index (χ1n) is 8.02. The fourth-order valence-electron chi connectivity index (χ4n) is 2.64. The zero-order valence-electron chi connectivity index (χ0n) is 14.1. The number of sulfonamides is 1. The highest BCUT2D eigenvalue weighted by Crippen LogP contribution is 2.36. The number of anilines is 1. The van der Waals surface area contributed by atoms with E-state index in [1.165, 1.54) is 17.8 Å². The molecule has 1 aliphatic rings. The predicted molar refractivity (Wildman–Crippen MR) is 100 cm³/mol. The van der Waals surface area contributed by atoms with Crippen LogP contribution in [0.2, 0.25) is 0 Å². The molecule has 1 aliphatic heterocycles. The molecule has 0 spiro atoms. The minimum absolute atomic E-state index is 0.112. The number of rotatable bonds is 5. The highest BCUT2D eigenvalue weighted by Gasteiger charge is 2.25. The van der Waals surface area contributed by atoms with Crippen LogP contribution in [0.4, 0.5) is 5.69 Å². The molecule has 0 saturated carbocycles. The number of nitrogens with one attached hydrogen (secondary N) is 2. The highest BCUT2D eigenvalue weighted by molar-refractivity contribution is 8.01. The van der Waals surface area contributed by atoms with Crippen molar-refractivity contribution in [3.05, 3.63) is 53.6 Å². The third kappa shape index (κ3) is 4.23. The largest absolute Gasteiger partial charge is 0.324 e. The second-order valence-corrected chi connectivity index (χ2v) is 9.19. The molecule has 7 heteroatoms. The van der Waals surface area contributed by atoms with Crippen LogP contribution in [-0.2, 0) is 21.2 Å². The van der Waals surface area contributed by atoms with E-state index in [9.17, 15) is 13.2 Å². The first kappa shape index (κ1) is 18.0. The van der Waals surface area contributed by atoms with Crippen LogP contribution in [0, 0.1) is 6.92 Å². The van der Waals surface area contributed by atoms with E-state index in [4.69, 9.17) is 0 Å². The average Bonchev–Trinajstić information content (AvgIpc) is 2.55. The summed E-state index contributed by atoms with van der Waals surface area (Å²) in [5, 5.41) is 2.58. The molecule has 0 bridgehead atoms. The molecule has 0 radical (unpaired) electrons. The lowest BCUT2D eigenvalue weighted by Gasteiger charge is -2.21. The van der Waals surface area contributed by atoms with Crippen molar-refractivity contribution in [1.29, 1.82) is 0 Å². The molecule has 25 heavy (non-hydrogen) atoms. The summed E-state index contributed by atoms with van der Waals surface area (Å²) in [7, 11) is -3.62. The van der Waals surface area contributed by atoms with Gasteiger partial charge in [0.05, 0.1) is 15.8 Å². The number of fused-ring (bicyclic) bond motifs is 1. The smallest absolute Gasteiger partial charge is 0.240 e. The standard InChI is InChI=1S/C18H20N2O3S2/c1-12-4-3-5-14(10-12)8-9-19-25(22,23)15-6-7-17-16(11-15)20-18(21)13(2)24-17/h3-7,10-11,13,19H,8-9H2,1-2H3,(H,20,21)/t13-/m1/s1. The Morgan fingerprint density at radius 2 is 2.00 bits per heavy atom. The predicted octanol–water partition coefficient (Wildman–Crippen LogP) is 2.95. The molecule has 132 valence electrons. The molecule has 2 aromatic carbocycles. The van der Waals surface area contributed by atoms with E-state index >= 15 is 0 Å². The second-order valence-electron chi connectivity index (χ2n) is 6.04. The number of carbonyl (C=O) groups is 1. The Kier molecular flexibility index (Phi) is 5.17. The van der Waals surface area contributed by atoms with E-state index in [1.54, 1.807) is 12.1 Å². The molecule has 0 aliphatic carbocycles. The number of thioether (sulfide) groups is 1. The van der Waals surface area contributed by atoms with Gasteiger partial charge in [0, 0.05) is 11.4 Å². The zero-order valence-corrected chi connectivity index (χ0v) is 15.7. The zero-order chi connectivity index (χ0) is 18.0. The van der Waals surface area contributed by atoms with Crippen LogP contribution < -0.4 is 10.0 Å². The molecule has 0 saturated heterocycles. The Hall–Kier alpha value is -1.83. The van der Waals surface area contributed by atoms with Gasteiger partial charge in [0.25, 0.3) is 0 Å². The van der Waals surface area contributed by atoms with Crippen LogP contribution in [0.15, 0.2) is 52.3 Å². The summed E-state index contributed by atoms with van der Waals surface area (Å²) in [6.07, 6.45) is 0.621. The lowest BCUT2D eigenvalue weighted by atomic mass is 10.1. The summed E-state index contributed by atoms with van der Waals surface area (Å²) in [5.74, 6) is -0.112. The number of amides is 1. The van der Waals surface area contributed by atoms with Gasteiger partial charge >= 0.3 is 0 Å². The number of hydrogen-bond donors (Lipinski definition) is 2. The molecule has 2 aromatic rings. The van der Waals surface area contributed by atoms with Crippen molar-refractivity contribution in [2.24, 2.45) is 0 Å². The molecule has 1 atom stereocenters. The summed E-state index contributed by atoms with van der Waals surface area (Å²) < 4.78 is 27.6. The van der Waals surface area contributed by atoms with Crippen LogP contribution in [0.25, 0.3) is 0 Å². The van der Waals surface area contributed by atoms with Crippen molar-refractivity contribution in [2.75, 3.05) is 11.9 Å². The van der Waals surface area contributed by atoms with Gasteiger partial charge < -0.3 is 5.32 Å². The van der Waals surface area contributed by atoms with E-state index in [0.29, 0.717) is 18.7 Å². The second kappa shape index (κ2) is 7.19. The SMILES string of the molecule is Cc1cccc(CCNS(=O)(=O)c2ccc3c(c2)NC(=O)[C@@H](C)S3)c1. The third-order valence-electron chi connectivity index (χ3n) is 3.98. The first-order chi connectivity index (χ1) is 11.8. The Morgan fingerprint density at radius 1 is 1.20 bits per heavy atom. The number of aryl methyl sites for hydroxylation is 1. The Bertz CT molecular complexity index is 910. The van der Waals surface area contributed by atoms with Gasteiger partial charge in [-0.15, -0.1) is 11.8 Å². The average molecular weight is 377 g/mol. The van der Waals surface area contributed by atoms with Gasteiger partial charge in [0.15, 0.2) is 0 Å². The fraction of sp³-hybridized carbons (Fsp3) is 0.278. The monoisotopic (exact) mass is 376 g/mol. The van der Waals surface area contributed by atoms with E-state index < -0.39 is 10.0 Å². The van der Waals surface area contributed by atoms with Crippen LogP contribution in [-0.4, -0.2) is 26.1 Å². The summed E-state index contributed by atoms with van der Waals surface area (Å²) in [5.41, 5.74) is 2.79. The summed E-state index contributed by atoms with van der Waals surface area (Å²) in [6, 6.07) is 12.8. The molecular weight excluding hydrogens is 356 g/mol. The summed E-state index contributed by atoms with van der Waals surface area (Å²) >= 11 is 1.43. The number of hydrogen-bond acceptors (Lipinski definition) is 4. The van der Waals surface area contributed by atoms with Crippen molar-refractivity contribution in [2.45, 2.75) is 35.3 Å². The first-order valence-corrected chi connectivity index (χ1v) is 10.4. The molecular formula is C18H20N2O3S2.